The number of benzene rings is 6. The molecule has 1 aliphatic carbocycles. The average molecular weight is 580 g/mol. The highest BCUT2D eigenvalue weighted by Gasteiger charge is 2.48. The Morgan fingerprint density at radius 3 is 1.73 bits per heavy atom. The minimum atomic E-state index is -0.711. The van der Waals surface area contributed by atoms with Gasteiger partial charge in [0.1, 0.15) is 5.41 Å². The van der Waals surface area contributed by atoms with E-state index < -0.39 is 5.41 Å². The summed E-state index contributed by atoms with van der Waals surface area (Å²) in [5.41, 5.74) is 7.15. The standard InChI is InChI=1S/C40H25N3S/c1-3-13-26(14-4-1)37-41-38(27-23-24-32-31-19-9-12-22-35(31)44-36(32)25-27)43-39(42-37)40(28-15-5-2-6-16-28)33-20-10-7-17-29(33)30-18-8-11-21-34(30)40/h1-25H. The molecule has 0 N–H and O–H groups in total. The number of thiophene rings is 1. The molecule has 0 unspecified atom stereocenters. The fraction of sp³-hybridized carbons (Fsp3) is 0.0250. The normalized spacial score (nSPS) is 13.2. The number of rotatable bonds is 4. The highest BCUT2D eigenvalue weighted by molar-refractivity contribution is 7.25. The van der Waals surface area contributed by atoms with Gasteiger partial charge in [0.25, 0.3) is 0 Å². The Morgan fingerprint density at radius 2 is 1.00 bits per heavy atom. The third-order valence-electron chi connectivity index (χ3n) is 8.80. The molecule has 8 aromatic rings. The van der Waals surface area contributed by atoms with Crippen molar-refractivity contribution in [3.63, 3.8) is 0 Å². The van der Waals surface area contributed by atoms with Crippen LogP contribution in [0.2, 0.25) is 0 Å². The monoisotopic (exact) mass is 579 g/mol. The smallest absolute Gasteiger partial charge is 0.163 e. The van der Waals surface area contributed by atoms with Gasteiger partial charge in [-0.15, -0.1) is 11.3 Å². The van der Waals surface area contributed by atoms with Gasteiger partial charge in [0.15, 0.2) is 17.5 Å². The van der Waals surface area contributed by atoms with Gasteiger partial charge in [0.2, 0.25) is 0 Å². The zero-order valence-corrected chi connectivity index (χ0v) is 24.5. The molecule has 2 heterocycles. The predicted octanol–water partition coefficient (Wildman–Crippen LogP) is 9.94. The van der Waals surface area contributed by atoms with Gasteiger partial charge < -0.3 is 0 Å². The van der Waals surface area contributed by atoms with Crippen molar-refractivity contribution in [1.82, 2.24) is 15.0 Å². The summed E-state index contributed by atoms with van der Waals surface area (Å²) in [5, 5.41) is 2.54. The maximum atomic E-state index is 5.40. The van der Waals surface area contributed by atoms with Gasteiger partial charge in [-0.2, -0.15) is 0 Å². The molecule has 206 valence electrons. The van der Waals surface area contributed by atoms with E-state index in [0.717, 1.165) is 22.5 Å². The number of nitrogens with zero attached hydrogens (tertiary/aromatic N) is 3. The van der Waals surface area contributed by atoms with Crippen molar-refractivity contribution in [3.8, 4) is 33.9 Å². The van der Waals surface area contributed by atoms with Crippen molar-refractivity contribution < 1.29 is 0 Å². The van der Waals surface area contributed by atoms with Crippen LogP contribution >= 0.6 is 11.3 Å². The van der Waals surface area contributed by atoms with Gasteiger partial charge in [-0.25, -0.2) is 15.0 Å². The molecule has 1 aliphatic rings. The summed E-state index contributed by atoms with van der Waals surface area (Å²) in [4.78, 5) is 15.9. The third-order valence-corrected chi connectivity index (χ3v) is 9.93. The van der Waals surface area contributed by atoms with Gasteiger partial charge in [0, 0.05) is 31.3 Å². The van der Waals surface area contributed by atoms with Crippen molar-refractivity contribution in [2.75, 3.05) is 0 Å². The van der Waals surface area contributed by atoms with E-state index in [4.69, 9.17) is 15.0 Å². The van der Waals surface area contributed by atoms with E-state index >= 15 is 0 Å². The second kappa shape index (κ2) is 9.80. The molecular formula is C40H25N3S. The minimum Gasteiger partial charge on any atom is -0.211 e. The third kappa shape index (κ3) is 3.65. The quantitative estimate of drug-likeness (QED) is 0.208. The molecule has 0 radical (unpaired) electrons. The molecule has 0 bridgehead atoms. The van der Waals surface area contributed by atoms with Crippen LogP contribution in [-0.4, -0.2) is 15.0 Å². The lowest BCUT2D eigenvalue weighted by atomic mass is 9.71. The van der Waals surface area contributed by atoms with E-state index in [-0.39, 0.29) is 0 Å². The zero-order chi connectivity index (χ0) is 29.1. The molecule has 0 spiro atoms. The van der Waals surface area contributed by atoms with Crippen LogP contribution in [0, 0.1) is 0 Å². The summed E-state index contributed by atoms with van der Waals surface area (Å²) < 4.78 is 2.50. The van der Waals surface area contributed by atoms with Crippen molar-refractivity contribution in [3.05, 3.63) is 174 Å². The van der Waals surface area contributed by atoms with Gasteiger partial charge in [0.05, 0.1) is 0 Å². The average Bonchev–Trinajstić information content (AvgIpc) is 3.62. The Kier molecular flexibility index (Phi) is 5.59. The van der Waals surface area contributed by atoms with Gasteiger partial charge >= 0.3 is 0 Å². The summed E-state index contributed by atoms with van der Waals surface area (Å²) >= 11 is 1.81. The highest BCUT2D eigenvalue weighted by atomic mass is 32.1. The van der Waals surface area contributed by atoms with E-state index in [2.05, 4.69) is 133 Å². The van der Waals surface area contributed by atoms with E-state index in [1.165, 1.54) is 42.4 Å². The molecule has 0 saturated carbocycles. The van der Waals surface area contributed by atoms with Gasteiger partial charge in [-0.05, 0) is 39.9 Å². The number of hydrogen-bond donors (Lipinski definition) is 0. The molecule has 4 heteroatoms. The molecule has 0 aliphatic heterocycles. The Labute approximate surface area is 259 Å². The molecule has 0 saturated heterocycles. The summed E-state index contributed by atoms with van der Waals surface area (Å²) in [6, 6.07) is 53.5. The lowest BCUT2D eigenvalue weighted by Gasteiger charge is -2.31. The lowest BCUT2D eigenvalue weighted by molar-refractivity contribution is 0.692. The summed E-state index contributed by atoms with van der Waals surface area (Å²) in [5.74, 6) is 2.06. The SMILES string of the molecule is c1ccc(-c2nc(-c3ccc4c(c3)sc3ccccc34)nc(C3(c4ccccc4)c4ccccc4-c4ccccc43)n2)cc1. The van der Waals surface area contributed by atoms with Crippen LogP contribution in [0.15, 0.2) is 152 Å². The fourth-order valence-corrected chi connectivity index (χ4v) is 8.00. The molecule has 2 aromatic heterocycles. The molecule has 0 amide bonds. The summed E-state index contributed by atoms with van der Waals surface area (Å²) in [6.45, 7) is 0. The second-order valence-corrected chi connectivity index (χ2v) is 12.3. The van der Waals surface area contributed by atoms with Crippen LogP contribution in [0.1, 0.15) is 22.5 Å². The van der Waals surface area contributed by atoms with E-state index in [1.807, 2.05) is 18.2 Å². The van der Waals surface area contributed by atoms with Crippen LogP contribution in [0.25, 0.3) is 54.1 Å². The number of aromatic nitrogens is 3. The first-order chi connectivity index (χ1) is 21.8. The predicted molar refractivity (Wildman–Crippen MR) is 181 cm³/mol. The Balaban J connectivity index is 1.37. The molecule has 9 rings (SSSR count). The molecule has 6 aromatic carbocycles. The van der Waals surface area contributed by atoms with Crippen LogP contribution in [0.4, 0.5) is 0 Å². The molecule has 0 atom stereocenters. The van der Waals surface area contributed by atoms with Crippen molar-refractivity contribution >= 4 is 31.5 Å². The van der Waals surface area contributed by atoms with Crippen molar-refractivity contribution in [2.24, 2.45) is 0 Å². The van der Waals surface area contributed by atoms with Crippen LogP contribution < -0.4 is 0 Å². The van der Waals surface area contributed by atoms with Crippen LogP contribution in [-0.2, 0) is 5.41 Å². The molecule has 3 nitrogen and oxygen atoms in total. The fourth-order valence-electron chi connectivity index (χ4n) is 6.86. The topological polar surface area (TPSA) is 38.7 Å². The van der Waals surface area contributed by atoms with Gasteiger partial charge in [-0.3, -0.25) is 0 Å². The van der Waals surface area contributed by atoms with Crippen LogP contribution in [0.5, 0.6) is 0 Å². The highest BCUT2D eigenvalue weighted by Crippen LogP contribution is 2.55. The van der Waals surface area contributed by atoms with Crippen molar-refractivity contribution in [1.29, 1.82) is 0 Å². The number of hydrogen-bond acceptors (Lipinski definition) is 4. The maximum absolute atomic E-state index is 5.40. The van der Waals surface area contributed by atoms with E-state index in [0.29, 0.717) is 11.6 Å². The maximum Gasteiger partial charge on any atom is 0.163 e. The lowest BCUT2D eigenvalue weighted by Crippen LogP contribution is -2.31. The number of fused-ring (bicyclic) bond motifs is 6. The summed E-state index contributed by atoms with van der Waals surface area (Å²) in [6.07, 6.45) is 0. The van der Waals surface area contributed by atoms with Gasteiger partial charge in [-0.1, -0.05) is 140 Å². The minimum absolute atomic E-state index is 0.666. The van der Waals surface area contributed by atoms with Crippen molar-refractivity contribution in [2.45, 2.75) is 5.41 Å². The largest absolute Gasteiger partial charge is 0.211 e. The van der Waals surface area contributed by atoms with Crippen LogP contribution in [0.3, 0.4) is 0 Å². The molecule has 0 fully saturated rings. The second-order valence-electron chi connectivity index (χ2n) is 11.2. The zero-order valence-electron chi connectivity index (χ0n) is 23.7. The summed E-state index contributed by atoms with van der Waals surface area (Å²) in [7, 11) is 0. The first-order valence-corrected chi connectivity index (χ1v) is 15.6. The van der Waals surface area contributed by atoms with E-state index in [9.17, 15) is 0 Å². The molecular weight excluding hydrogens is 555 g/mol. The Hall–Kier alpha value is -5.45. The first kappa shape index (κ1) is 25.1. The van der Waals surface area contributed by atoms with E-state index in [1.54, 1.807) is 11.3 Å². The first-order valence-electron chi connectivity index (χ1n) is 14.8. The molecule has 44 heavy (non-hydrogen) atoms. The Morgan fingerprint density at radius 1 is 0.432 bits per heavy atom. The Bertz CT molecular complexity index is 2300.